The molecule has 7 nitrogen and oxygen atoms in total. The molecule has 0 aromatic carbocycles. The number of hydrogen-bond donors (Lipinski definition) is 2. The lowest BCUT2D eigenvalue weighted by Crippen LogP contribution is -2.21. The van der Waals surface area contributed by atoms with Gasteiger partial charge in [-0.3, -0.25) is 9.36 Å². The number of hydrogen-bond acceptors (Lipinski definition) is 8. The Labute approximate surface area is 115 Å². The molecule has 0 unspecified atom stereocenters. The summed E-state index contributed by atoms with van der Waals surface area (Å²) < 4.78 is 5.97. The molecular formula is C10H10N6OS2. The molecule has 9 heteroatoms. The summed E-state index contributed by atoms with van der Waals surface area (Å²) >= 11 is 2.56. The van der Waals surface area contributed by atoms with E-state index in [9.17, 15) is 4.79 Å². The van der Waals surface area contributed by atoms with Crippen LogP contribution in [0, 0.1) is 6.92 Å². The van der Waals surface area contributed by atoms with E-state index in [2.05, 4.69) is 20.0 Å². The predicted octanol–water partition coefficient (Wildman–Crippen LogP) is 0.952. The number of nitrogens with one attached hydrogen (secondary N) is 1. The molecule has 0 aliphatic carbocycles. The summed E-state index contributed by atoms with van der Waals surface area (Å²) in [6.07, 6.45) is 1.53. The maximum atomic E-state index is 12.3. The zero-order chi connectivity index (χ0) is 13.4. The van der Waals surface area contributed by atoms with Crippen molar-refractivity contribution >= 4 is 38.1 Å². The average Bonchev–Trinajstić information content (AvgIpc) is 3.00. The molecule has 0 bridgehead atoms. The van der Waals surface area contributed by atoms with Gasteiger partial charge in [0.1, 0.15) is 15.4 Å². The third-order valence-electron chi connectivity index (χ3n) is 2.73. The second-order valence-corrected chi connectivity index (χ2v) is 5.60. The Bertz CT molecular complexity index is 789. The van der Waals surface area contributed by atoms with Gasteiger partial charge in [0.2, 0.25) is 0 Å². The van der Waals surface area contributed by atoms with Crippen LogP contribution < -0.4 is 16.8 Å². The molecule has 0 radical (unpaired) electrons. The molecule has 0 saturated heterocycles. The van der Waals surface area contributed by atoms with Crippen LogP contribution in [0.25, 0.3) is 10.2 Å². The van der Waals surface area contributed by atoms with Gasteiger partial charge in [0.05, 0.1) is 18.4 Å². The van der Waals surface area contributed by atoms with E-state index in [4.69, 9.17) is 5.84 Å². The highest BCUT2D eigenvalue weighted by atomic mass is 32.1. The first-order valence-electron chi connectivity index (χ1n) is 5.41. The monoisotopic (exact) mass is 294 g/mol. The first kappa shape index (κ1) is 12.2. The van der Waals surface area contributed by atoms with Gasteiger partial charge >= 0.3 is 0 Å². The minimum atomic E-state index is -0.0703. The lowest BCUT2D eigenvalue weighted by Gasteiger charge is -2.04. The van der Waals surface area contributed by atoms with Crippen molar-refractivity contribution in [2.75, 3.05) is 5.43 Å². The molecule has 0 amide bonds. The molecule has 0 spiro atoms. The summed E-state index contributed by atoms with van der Waals surface area (Å²) in [5.74, 6) is 5.36. The zero-order valence-corrected chi connectivity index (χ0v) is 11.6. The summed E-state index contributed by atoms with van der Waals surface area (Å²) in [6, 6.07) is 0. The Kier molecular flexibility index (Phi) is 3.01. The molecule has 98 valence electrons. The van der Waals surface area contributed by atoms with Gasteiger partial charge < -0.3 is 5.43 Å². The number of thiophene rings is 1. The predicted molar refractivity (Wildman–Crippen MR) is 75.4 cm³/mol. The highest BCUT2D eigenvalue weighted by Gasteiger charge is 2.12. The number of rotatable bonds is 3. The SMILES string of the molecule is Cc1csc2c(=O)n(Cc3nnsc3NN)cnc12. The number of fused-ring (bicyclic) bond motifs is 1. The minimum absolute atomic E-state index is 0.0703. The van der Waals surface area contributed by atoms with Crippen LogP contribution in [0.15, 0.2) is 16.5 Å². The molecule has 0 saturated carbocycles. The Morgan fingerprint density at radius 2 is 2.37 bits per heavy atom. The Morgan fingerprint density at radius 3 is 3.16 bits per heavy atom. The van der Waals surface area contributed by atoms with Gasteiger partial charge in [0.15, 0.2) is 0 Å². The van der Waals surface area contributed by atoms with Crippen molar-refractivity contribution in [3.63, 3.8) is 0 Å². The number of nitrogens with zero attached hydrogens (tertiary/aromatic N) is 4. The Balaban J connectivity index is 2.07. The van der Waals surface area contributed by atoms with Crippen LogP contribution in [0.1, 0.15) is 11.3 Å². The van der Waals surface area contributed by atoms with Crippen molar-refractivity contribution in [1.82, 2.24) is 19.1 Å². The quantitative estimate of drug-likeness (QED) is 0.551. The van der Waals surface area contributed by atoms with E-state index in [1.807, 2.05) is 12.3 Å². The average molecular weight is 294 g/mol. The van der Waals surface area contributed by atoms with Gasteiger partial charge in [-0.25, -0.2) is 10.8 Å². The third kappa shape index (κ3) is 2.01. The second kappa shape index (κ2) is 4.68. The van der Waals surface area contributed by atoms with Gasteiger partial charge in [-0.05, 0) is 17.9 Å². The number of nitrogen functional groups attached to an aromatic ring is 1. The molecule has 0 fully saturated rings. The summed E-state index contributed by atoms with van der Waals surface area (Å²) in [5.41, 5.74) is 4.86. The molecule has 3 heterocycles. The molecule has 3 aromatic heterocycles. The van der Waals surface area contributed by atoms with Crippen LogP contribution in [0.4, 0.5) is 5.00 Å². The van der Waals surface area contributed by atoms with Crippen LogP contribution in [-0.4, -0.2) is 19.1 Å². The minimum Gasteiger partial charge on any atom is -0.313 e. The smallest absolute Gasteiger partial charge is 0.271 e. The molecule has 0 atom stereocenters. The van der Waals surface area contributed by atoms with Crippen LogP contribution in [-0.2, 0) is 6.54 Å². The van der Waals surface area contributed by atoms with Crippen molar-refractivity contribution < 1.29 is 0 Å². The molecule has 0 aliphatic heterocycles. The summed E-state index contributed by atoms with van der Waals surface area (Å²) in [5, 5.41) is 6.53. The first-order chi connectivity index (χ1) is 9.20. The van der Waals surface area contributed by atoms with Gasteiger partial charge in [-0.15, -0.1) is 16.4 Å². The maximum absolute atomic E-state index is 12.3. The maximum Gasteiger partial charge on any atom is 0.271 e. The van der Waals surface area contributed by atoms with E-state index in [1.54, 1.807) is 0 Å². The number of anilines is 1. The fourth-order valence-corrected chi connectivity index (χ4v) is 3.19. The third-order valence-corrected chi connectivity index (χ3v) is 4.50. The van der Waals surface area contributed by atoms with E-state index in [0.29, 0.717) is 21.9 Å². The van der Waals surface area contributed by atoms with Crippen molar-refractivity contribution in [2.24, 2.45) is 5.84 Å². The largest absolute Gasteiger partial charge is 0.313 e. The zero-order valence-electron chi connectivity index (χ0n) is 9.95. The van der Waals surface area contributed by atoms with E-state index in [-0.39, 0.29) is 5.56 Å². The van der Waals surface area contributed by atoms with Crippen LogP contribution in [0.2, 0.25) is 0 Å². The lowest BCUT2D eigenvalue weighted by atomic mass is 10.3. The molecule has 3 rings (SSSR count). The highest BCUT2D eigenvalue weighted by Crippen LogP contribution is 2.20. The molecule has 19 heavy (non-hydrogen) atoms. The lowest BCUT2D eigenvalue weighted by molar-refractivity contribution is 0.728. The Morgan fingerprint density at radius 1 is 1.53 bits per heavy atom. The summed E-state index contributed by atoms with van der Waals surface area (Å²) in [7, 11) is 0. The standard InChI is InChI=1S/C10H10N6OS2/c1-5-3-18-8-7(5)12-4-16(10(8)17)2-6-9(13-11)19-15-14-6/h3-4,13H,2,11H2,1H3. The molecule has 3 aromatic rings. The number of hydrazine groups is 1. The fourth-order valence-electron chi connectivity index (χ4n) is 1.76. The summed E-state index contributed by atoms with van der Waals surface area (Å²) in [6.45, 7) is 2.24. The molecule has 3 N–H and O–H groups in total. The van der Waals surface area contributed by atoms with Gasteiger partial charge in [0, 0.05) is 11.5 Å². The van der Waals surface area contributed by atoms with E-state index < -0.39 is 0 Å². The van der Waals surface area contributed by atoms with Crippen LogP contribution >= 0.6 is 22.9 Å². The van der Waals surface area contributed by atoms with Gasteiger partial charge in [-0.2, -0.15) is 0 Å². The van der Waals surface area contributed by atoms with Crippen molar-refractivity contribution in [3.8, 4) is 0 Å². The van der Waals surface area contributed by atoms with Crippen molar-refractivity contribution in [1.29, 1.82) is 0 Å². The van der Waals surface area contributed by atoms with Crippen LogP contribution in [0.3, 0.4) is 0 Å². The van der Waals surface area contributed by atoms with Crippen molar-refractivity contribution in [3.05, 3.63) is 33.3 Å². The second-order valence-electron chi connectivity index (χ2n) is 3.97. The summed E-state index contributed by atoms with van der Waals surface area (Å²) in [4.78, 5) is 16.6. The number of nitrogens with two attached hydrogens (primary N) is 1. The fraction of sp³-hybridized carbons (Fsp3) is 0.200. The van der Waals surface area contributed by atoms with E-state index in [0.717, 1.165) is 22.6 Å². The molecule has 0 aliphatic rings. The topological polar surface area (TPSA) is 98.7 Å². The Hall–Kier alpha value is -1.84. The number of aryl methyl sites for hydroxylation is 1. The normalized spacial score (nSPS) is 11.1. The van der Waals surface area contributed by atoms with Gasteiger partial charge in [-0.1, -0.05) is 4.49 Å². The van der Waals surface area contributed by atoms with Crippen LogP contribution in [0.5, 0.6) is 0 Å². The van der Waals surface area contributed by atoms with E-state index in [1.165, 1.54) is 22.2 Å². The van der Waals surface area contributed by atoms with Crippen molar-refractivity contribution in [2.45, 2.75) is 13.5 Å². The highest BCUT2D eigenvalue weighted by molar-refractivity contribution is 7.17. The first-order valence-corrected chi connectivity index (χ1v) is 7.07. The molecular weight excluding hydrogens is 284 g/mol. The van der Waals surface area contributed by atoms with E-state index >= 15 is 0 Å². The van der Waals surface area contributed by atoms with Gasteiger partial charge in [0.25, 0.3) is 5.56 Å². The number of aromatic nitrogens is 4.